The Hall–Kier alpha value is -6.16. The molecule has 0 bridgehead atoms. The Morgan fingerprint density at radius 3 is 1.98 bits per heavy atom. The van der Waals surface area contributed by atoms with Gasteiger partial charge in [-0.15, -0.1) is 0 Å². The van der Waals surface area contributed by atoms with Gasteiger partial charge in [-0.1, -0.05) is 139 Å². The molecule has 8 aromatic carbocycles. The molecule has 12 rings (SSSR count). The van der Waals surface area contributed by atoms with Gasteiger partial charge in [-0.2, -0.15) is 0 Å². The van der Waals surface area contributed by atoms with Crippen molar-refractivity contribution in [1.29, 1.82) is 0 Å². The fraction of sp³-hybridized carbons (Fsp3) is 0.154. The number of benzene rings is 8. The van der Waals surface area contributed by atoms with Crippen LogP contribution in [0.3, 0.4) is 0 Å². The number of morpholine rings is 1. The minimum atomic E-state index is -0.837. The molecule has 1 fully saturated rings. The second-order valence-corrected chi connectivity index (χ2v) is 15.9. The van der Waals surface area contributed by atoms with Crippen molar-refractivity contribution >= 4 is 44.1 Å². The lowest BCUT2D eigenvalue weighted by Crippen LogP contribution is -2.37. The Bertz CT molecular complexity index is 2890. The van der Waals surface area contributed by atoms with Gasteiger partial charge in [-0.3, -0.25) is 0 Å². The van der Waals surface area contributed by atoms with Crippen LogP contribution in [-0.4, -0.2) is 26.3 Å². The highest BCUT2D eigenvalue weighted by Crippen LogP contribution is 2.66. The monoisotopic (exact) mass is 709 g/mol. The van der Waals surface area contributed by atoms with E-state index >= 15 is 0 Å². The van der Waals surface area contributed by atoms with Crippen LogP contribution in [-0.2, 0) is 15.8 Å². The highest BCUT2D eigenvalue weighted by molar-refractivity contribution is 6.19. The first-order valence-corrected chi connectivity index (χ1v) is 19.6. The van der Waals surface area contributed by atoms with Crippen molar-refractivity contribution in [2.75, 3.05) is 31.2 Å². The van der Waals surface area contributed by atoms with Crippen LogP contribution in [0.1, 0.15) is 50.1 Å². The van der Waals surface area contributed by atoms with Crippen LogP contribution >= 0.6 is 0 Å². The number of hydrogen-bond acceptors (Lipinski definition) is 3. The van der Waals surface area contributed by atoms with Crippen molar-refractivity contribution in [1.82, 2.24) is 0 Å². The normalized spacial score (nSPS) is 18.6. The summed E-state index contributed by atoms with van der Waals surface area (Å²) in [4.78, 5) is 2.41. The Morgan fingerprint density at radius 2 is 1.25 bits per heavy atom. The fourth-order valence-corrected chi connectivity index (χ4v) is 10.6. The molecule has 0 saturated carbocycles. The van der Waals surface area contributed by atoms with Crippen molar-refractivity contribution in [3.63, 3.8) is 0 Å². The molecule has 264 valence electrons. The molecule has 0 N–H and O–H groups in total. The summed E-state index contributed by atoms with van der Waals surface area (Å²) >= 11 is 0. The van der Waals surface area contributed by atoms with E-state index < -0.39 is 11.0 Å². The average molecular weight is 710 g/mol. The summed E-state index contributed by atoms with van der Waals surface area (Å²) < 4.78 is 13.5. The second kappa shape index (κ2) is 11.2. The molecule has 4 aliphatic rings. The Kier molecular flexibility index (Phi) is 6.35. The summed E-state index contributed by atoms with van der Waals surface area (Å²) in [6.07, 6.45) is 4.74. The number of fused-ring (bicyclic) bond motifs is 12. The van der Waals surface area contributed by atoms with E-state index in [-0.39, 0.29) is 0 Å². The molecule has 1 atom stereocenters. The molecule has 3 heteroatoms. The zero-order valence-electron chi connectivity index (χ0n) is 31.0. The Morgan fingerprint density at radius 1 is 0.582 bits per heavy atom. The predicted octanol–water partition coefficient (Wildman–Crippen LogP) is 11.6. The molecular formula is C52H39NO2. The van der Waals surface area contributed by atoms with E-state index in [0.717, 1.165) is 48.6 Å². The van der Waals surface area contributed by atoms with Gasteiger partial charge in [0.25, 0.3) is 0 Å². The quantitative estimate of drug-likeness (QED) is 0.171. The molecular weight excluding hydrogens is 671 g/mol. The number of rotatable bonds is 3. The van der Waals surface area contributed by atoms with Crippen LogP contribution in [0.25, 0.3) is 49.5 Å². The van der Waals surface area contributed by atoms with Crippen LogP contribution in [0.5, 0.6) is 5.75 Å². The molecule has 0 radical (unpaired) electrons. The van der Waals surface area contributed by atoms with E-state index in [1.165, 1.54) is 82.7 Å². The van der Waals surface area contributed by atoms with Gasteiger partial charge in [0.15, 0.2) is 5.60 Å². The molecule has 1 unspecified atom stereocenters. The lowest BCUT2D eigenvalue weighted by Gasteiger charge is -2.39. The van der Waals surface area contributed by atoms with Gasteiger partial charge in [0, 0.05) is 40.9 Å². The summed E-state index contributed by atoms with van der Waals surface area (Å²) in [5, 5.41) is 7.70. The summed E-state index contributed by atoms with van der Waals surface area (Å²) in [7, 11) is 0. The smallest absolute Gasteiger partial charge is 0.178 e. The van der Waals surface area contributed by atoms with Crippen molar-refractivity contribution < 1.29 is 9.47 Å². The molecule has 3 nitrogen and oxygen atoms in total. The molecule has 0 amide bonds. The van der Waals surface area contributed by atoms with Crippen molar-refractivity contribution in [3.8, 4) is 16.9 Å². The molecule has 1 spiro atoms. The molecule has 55 heavy (non-hydrogen) atoms. The number of anilines is 1. The van der Waals surface area contributed by atoms with Crippen molar-refractivity contribution in [2.24, 2.45) is 0 Å². The lowest BCUT2D eigenvalue weighted by molar-refractivity contribution is 0.122. The number of aryl methyl sites for hydroxylation is 2. The third kappa shape index (κ3) is 4.04. The highest BCUT2D eigenvalue weighted by atomic mass is 16.5. The number of ether oxygens (including phenoxy) is 2. The van der Waals surface area contributed by atoms with E-state index in [0.29, 0.717) is 0 Å². The highest BCUT2D eigenvalue weighted by Gasteiger charge is 2.54. The summed E-state index contributed by atoms with van der Waals surface area (Å²) in [5.74, 6) is 0.945. The van der Waals surface area contributed by atoms with E-state index in [2.05, 4.69) is 170 Å². The van der Waals surface area contributed by atoms with Gasteiger partial charge in [0.2, 0.25) is 0 Å². The van der Waals surface area contributed by atoms with Gasteiger partial charge in [-0.05, 0) is 98.4 Å². The van der Waals surface area contributed by atoms with Gasteiger partial charge < -0.3 is 14.4 Å². The Labute approximate surface area is 321 Å². The number of nitrogens with zero attached hydrogens (tertiary/aromatic N) is 1. The first-order chi connectivity index (χ1) is 27.1. The SMILES string of the molecule is Cc1ccc2c(c1)C1(c3c4c(c5cc(C)ccc5c3-2)OC(c2ccccc2)(c2ccc(N3CCOCC3)cc2)C=C4)c2cccc3ccc4cccc1c4c23. The van der Waals surface area contributed by atoms with Gasteiger partial charge >= 0.3 is 0 Å². The maximum atomic E-state index is 7.80. The summed E-state index contributed by atoms with van der Waals surface area (Å²) in [6.45, 7) is 7.75. The van der Waals surface area contributed by atoms with E-state index in [1.54, 1.807) is 0 Å². The molecule has 2 heterocycles. The first-order valence-electron chi connectivity index (χ1n) is 19.6. The van der Waals surface area contributed by atoms with Crippen LogP contribution in [0, 0.1) is 13.8 Å². The zero-order chi connectivity index (χ0) is 36.5. The maximum absolute atomic E-state index is 7.80. The summed E-state index contributed by atoms with van der Waals surface area (Å²) in [6, 6.07) is 52.4. The largest absolute Gasteiger partial charge is 0.472 e. The minimum absolute atomic E-state index is 0.511. The topological polar surface area (TPSA) is 21.7 Å². The van der Waals surface area contributed by atoms with Crippen molar-refractivity contribution in [2.45, 2.75) is 24.9 Å². The minimum Gasteiger partial charge on any atom is -0.472 e. The third-order valence-electron chi connectivity index (χ3n) is 13.0. The van der Waals surface area contributed by atoms with Gasteiger partial charge in [0.05, 0.1) is 18.6 Å². The standard InChI is InChI=1S/C52H39NO2/c1-32-14-22-39-42(30-32)50-41(24-25-51(55-50,36-10-4-3-5-11-36)37-18-20-38(21-19-37)53-26-28-54-29-27-53)49-48(39)40-23-15-33(2)31-45(40)52(49)43-12-6-8-34-16-17-35-9-7-13-44(52)47(35)46(34)43/h3-25,30-31H,26-29H2,1-2H3. The third-order valence-corrected chi connectivity index (χ3v) is 13.0. The molecule has 8 aromatic rings. The first kappa shape index (κ1) is 31.2. The van der Waals surface area contributed by atoms with Crippen LogP contribution < -0.4 is 9.64 Å². The van der Waals surface area contributed by atoms with E-state index in [4.69, 9.17) is 9.47 Å². The number of hydrogen-bond donors (Lipinski definition) is 0. The van der Waals surface area contributed by atoms with Crippen molar-refractivity contribution in [3.05, 3.63) is 196 Å². The molecule has 1 saturated heterocycles. The summed E-state index contributed by atoms with van der Waals surface area (Å²) in [5.41, 5.74) is 13.8. The molecule has 2 aliphatic heterocycles. The Balaban J connectivity index is 1.18. The predicted molar refractivity (Wildman–Crippen MR) is 226 cm³/mol. The fourth-order valence-electron chi connectivity index (χ4n) is 10.6. The van der Waals surface area contributed by atoms with Gasteiger partial charge in [0.1, 0.15) is 5.75 Å². The maximum Gasteiger partial charge on any atom is 0.178 e. The second-order valence-electron chi connectivity index (χ2n) is 15.9. The van der Waals surface area contributed by atoms with Gasteiger partial charge in [-0.25, -0.2) is 0 Å². The van der Waals surface area contributed by atoms with Crippen LogP contribution in [0.15, 0.2) is 146 Å². The van der Waals surface area contributed by atoms with Crippen LogP contribution in [0.4, 0.5) is 5.69 Å². The van der Waals surface area contributed by atoms with E-state index in [1.807, 2.05) is 0 Å². The van der Waals surface area contributed by atoms with E-state index in [9.17, 15) is 0 Å². The molecule has 0 aromatic heterocycles. The zero-order valence-corrected chi connectivity index (χ0v) is 31.0. The average Bonchev–Trinajstić information content (AvgIpc) is 3.71. The lowest BCUT2D eigenvalue weighted by atomic mass is 9.67. The van der Waals surface area contributed by atoms with Crippen LogP contribution in [0.2, 0.25) is 0 Å². The molecule has 2 aliphatic carbocycles.